The summed E-state index contributed by atoms with van der Waals surface area (Å²) in [6.45, 7) is 6.45. The topological polar surface area (TPSA) is 84.7 Å². The van der Waals surface area contributed by atoms with E-state index in [0.717, 1.165) is 16.8 Å². The van der Waals surface area contributed by atoms with E-state index in [1.807, 2.05) is 25.1 Å². The number of aromatic nitrogens is 2. The van der Waals surface area contributed by atoms with E-state index in [1.165, 1.54) is 4.31 Å². The van der Waals surface area contributed by atoms with Gasteiger partial charge in [0.2, 0.25) is 10.0 Å². The Labute approximate surface area is 171 Å². The van der Waals surface area contributed by atoms with Crippen molar-refractivity contribution in [3.8, 4) is 0 Å². The maximum absolute atomic E-state index is 13.2. The minimum Gasteiger partial charge on any atom is -0.444 e. The molecule has 0 spiro atoms. The lowest BCUT2D eigenvalue weighted by Crippen LogP contribution is -2.50. The van der Waals surface area contributed by atoms with Gasteiger partial charge in [-0.15, -0.1) is 0 Å². The van der Waals surface area contributed by atoms with Gasteiger partial charge in [0.1, 0.15) is 11.5 Å². The first-order valence-corrected chi connectivity index (χ1v) is 11.2. The third-order valence-electron chi connectivity index (χ3n) is 5.94. The summed E-state index contributed by atoms with van der Waals surface area (Å²) in [7, 11) is -1.88. The van der Waals surface area contributed by atoms with Crippen LogP contribution in [0.5, 0.6) is 0 Å². The second-order valence-electron chi connectivity index (χ2n) is 7.77. The number of hydrogen-bond acceptors (Lipinski definition) is 5. The van der Waals surface area contributed by atoms with E-state index < -0.39 is 10.0 Å². The highest BCUT2D eigenvalue weighted by molar-refractivity contribution is 7.89. The lowest BCUT2D eigenvalue weighted by atomic mass is 10.00. The second-order valence-corrected chi connectivity index (χ2v) is 9.64. The Hall–Kier alpha value is -2.39. The molecule has 1 aromatic carbocycles. The number of aryl methyl sites for hydroxylation is 3. The second kappa shape index (κ2) is 7.14. The molecule has 2 aliphatic heterocycles. The third kappa shape index (κ3) is 3.22. The van der Waals surface area contributed by atoms with Crippen LogP contribution in [0.2, 0.25) is 0 Å². The number of amides is 1. The van der Waals surface area contributed by atoms with E-state index in [9.17, 15) is 13.2 Å². The summed E-state index contributed by atoms with van der Waals surface area (Å²) in [4.78, 5) is 14.6. The minimum atomic E-state index is -3.62. The molecule has 1 saturated heterocycles. The van der Waals surface area contributed by atoms with Crippen molar-refractivity contribution in [3.63, 3.8) is 0 Å². The number of hydrogen-bond donors (Lipinski definition) is 0. The van der Waals surface area contributed by atoms with Gasteiger partial charge in [0.05, 0.1) is 17.1 Å². The molecular formula is C20H26N4O4S. The van der Waals surface area contributed by atoms with Crippen molar-refractivity contribution in [2.45, 2.75) is 51.2 Å². The number of cyclic esters (lactones) is 1. The zero-order chi connectivity index (χ0) is 20.9. The van der Waals surface area contributed by atoms with Gasteiger partial charge in [-0.25, -0.2) is 13.2 Å². The first-order chi connectivity index (χ1) is 13.7. The molecule has 0 saturated carbocycles. The van der Waals surface area contributed by atoms with E-state index in [4.69, 9.17) is 4.74 Å². The summed E-state index contributed by atoms with van der Waals surface area (Å²) in [5, 5.41) is 4.25. The number of carbonyl (C=O) groups is 1. The minimum absolute atomic E-state index is 0.0924. The maximum atomic E-state index is 13.2. The summed E-state index contributed by atoms with van der Waals surface area (Å²) in [5.74, 6) is 0. The molecule has 29 heavy (non-hydrogen) atoms. The Morgan fingerprint density at radius 2 is 1.83 bits per heavy atom. The lowest BCUT2D eigenvalue weighted by molar-refractivity contribution is 0.135. The molecular weight excluding hydrogens is 392 g/mol. The van der Waals surface area contributed by atoms with Gasteiger partial charge in [0.25, 0.3) is 0 Å². The van der Waals surface area contributed by atoms with Crippen LogP contribution in [0, 0.1) is 20.8 Å². The molecule has 0 aliphatic carbocycles. The number of ether oxygens (including phenoxy) is 1. The molecule has 0 atom stereocenters. The summed E-state index contributed by atoms with van der Waals surface area (Å²) in [5.41, 5.74) is 4.06. The van der Waals surface area contributed by atoms with Gasteiger partial charge in [-0.1, -0.05) is 18.2 Å². The van der Waals surface area contributed by atoms with Crippen LogP contribution in [-0.2, 0) is 28.4 Å². The van der Waals surface area contributed by atoms with Crippen LogP contribution < -0.4 is 4.90 Å². The fourth-order valence-electron chi connectivity index (χ4n) is 4.41. The van der Waals surface area contributed by atoms with Crippen molar-refractivity contribution in [2.75, 3.05) is 18.0 Å². The van der Waals surface area contributed by atoms with Crippen LogP contribution in [-0.4, -0.2) is 47.7 Å². The molecule has 3 heterocycles. The smallest absolute Gasteiger partial charge is 0.414 e. The molecule has 1 amide bonds. The summed E-state index contributed by atoms with van der Waals surface area (Å²) in [6, 6.07) is 5.82. The number of piperidine rings is 1. The lowest BCUT2D eigenvalue weighted by Gasteiger charge is -2.40. The Morgan fingerprint density at radius 3 is 2.45 bits per heavy atom. The SMILES string of the molecule is Cc1cccc2c1N(C1CCN(S(=O)(=O)c3c(C)nn(C)c3C)CC1)C(=O)OC2. The summed E-state index contributed by atoms with van der Waals surface area (Å²) in [6.07, 6.45) is 0.757. The predicted molar refractivity (Wildman–Crippen MR) is 108 cm³/mol. The summed E-state index contributed by atoms with van der Waals surface area (Å²) < 4.78 is 34.9. The fourth-order valence-corrected chi connectivity index (χ4v) is 6.28. The average Bonchev–Trinajstić information content (AvgIpc) is 2.94. The largest absolute Gasteiger partial charge is 0.444 e. The molecule has 9 heteroatoms. The van der Waals surface area contributed by atoms with Gasteiger partial charge >= 0.3 is 6.09 Å². The van der Waals surface area contributed by atoms with Crippen LogP contribution >= 0.6 is 0 Å². The quantitative estimate of drug-likeness (QED) is 0.765. The van der Waals surface area contributed by atoms with Crippen LogP contribution in [0.15, 0.2) is 23.1 Å². The average molecular weight is 419 g/mol. The van der Waals surface area contributed by atoms with E-state index >= 15 is 0 Å². The highest BCUT2D eigenvalue weighted by Gasteiger charge is 2.39. The maximum Gasteiger partial charge on any atom is 0.414 e. The highest BCUT2D eigenvalue weighted by atomic mass is 32.2. The number of sulfonamides is 1. The monoisotopic (exact) mass is 418 g/mol. The number of rotatable bonds is 3. The molecule has 2 aliphatic rings. The Bertz CT molecular complexity index is 1070. The molecule has 1 aromatic heterocycles. The molecule has 0 bridgehead atoms. The zero-order valence-corrected chi connectivity index (χ0v) is 18.0. The molecule has 1 fully saturated rings. The molecule has 0 N–H and O–H groups in total. The van der Waals surface area contributed by atoms with Crippen molar-refractivity contribution >= 4 is 21.8 Å². The molecule has 156 valence electrons. The fraction of sp³-hybridized carbons (Fsp3) is 0.500. The molecule has 8 nitrogen and oxygen atoms in total. The third-order valence-corrected chi connectivity index (χ3v) is 8.09. The van der Waals surface area contributed by atoms with E-state index in [1.54, 1.807) is 30.5 Å². The summed E-state index contributed by atoms with van der Waals surface area (Å²) >= 11 is 0. The van der Waals surface area contributed by atoms with Crippen LogP contribution in [0.1, 0.15) is 35.4 Å². The number of carbonyl (C=O) groups excluding carboxylic acids is 1. The van der Waals surface area contributed by atoms with E-state index in [0.29, 0.717) is 37.3 Å². The Balaban J connectivity index is 1.57. The van der Waals surface area contributed by atoms with Gasteiger partial charge in [0.15, 0.2) is 0 Å². The van der Waals surface area contributed by atoms with Crippen molar-refractivity contribution in [1.29, 1.82) is 0 Å². The van der Waals surface area contributed by atoms with Crippen molar-refractivity contribution < 1.29 is 17.9 Å². The number of fused-ring (bicyclic) bond motifs is 1. The van der Waals surface area contributed by atoms with E-state index in [-0.39, 0.29) is 23.6 Å². The van der Waals surface area contributed by atoms with Gasteiger partial charge in [-0.3, -0.25) is 9.58 Å². The van der Waals surface area contributed by atoms with Crippen molar-refractivity contribution in [3.05, 3.63) is 40.7 Å². The highest BCUT2D eigenvalue weighted by Crippen LogP contribution is 2.35. The van der Waals surface area contributed by atoms with Gasteiger partial charge in [-0.2, -0.15) is 9.40 Å². The van der Waals surface area contributed by atoms with Crippen LogP contribution in [0.3, 0.4) is 0 Å². The van der Waals surface area contributed by atoms with Crippen LogP contribution in [0.4, 0.5) is 10.5 Å². The Morgan fingerprint density at radius 1 is 1.14 bits per heavy atom. The number of benzene rings is 1. The zero-order valence-electron chi connectivity index (χ0n) is 17.2. The molecule has 0 radical (unpaired) electrons. The predicted octanol–water partition coefficient (Wildman–Crippen LogP) is 2.66. The van der Waals surface area contributed by atoms with Crippen molar-refractivity contribution in [2.24, 2.45) is 7.05 Å². The van der Waals surface area contributed by atoms with Crippen LogP contribution in [0.25, 0.3) is 0 Å². The number of para-hydroxylation sites is 1. The molecule has 2 aromatic rings. The van der Waals surface area contributed by atoms with Gasteiger partial charge in [0, 0.05) is 31.7 Å². The molecule has 0 unspecified atom stereocenters. The van der Waals surface area contributed by atoms with Gasteiger partial charge in [-0.05, 0) is 39.2 Å². The normalized spacial score (nSPS) is 18.6. The number of anilines is 1. The number of nitrogens with zero attached hydrogens (tertiary/aromatic N) is 4. The standard InChI is InChI=1S/C20H26N4O4S/c1-13-6-5-7-16-12-28-20(25)24(18(13)16)17-8-10-23(11-9-17)29(26,27)19-14(2)21-22(4)15(19)3/h5-7,17H,8-12H2,1-4H3. The Kier molecular flexibility index (Phi) is 4.90. The molecule has 4 rings (SSSR count). The van der Waals surface area contributed by atoms with E-state index in [2.05, 4.69) is 5.10 Å². The van der Waals surface area contributed by atoms with Crippen molar-refractivity contribution in [1.82, 2.24) is 14.1 Å². The first-order valence-electron chi connectivity index (χ1n) is 9.76. The van der Waals surface area contributed by atoms with Gasteiger partial charge < -0.3 is 4.74 Å². The first kappa shape index (κ1) is 19.9.